The molecule has 0 radical (unpaired) electrons. The summed E-state index contributed by atoms with van der Waals surface area (Å²) in [5.74, 6) is -1.08. The van der Waals surface area contributed by atoms with Crippen molar-refractivity contribution in [2.24, 2.45) is 0 Å². The van der Waals surface area contributed by atoms with Crippen LogP contribution in [0.4, 0.5) is 5.69 Å². The van der Waals surface area contributed by atoms with E-state index in [0.717, 1.165) is 6.07 Å². The van der Waals surface area contributed by atoms with E-state index in [1.807, 2.05) is 0 Å². The van der Waals surface area contributed by atoms with Crippen molar-refractivity contribution in [1.82, 2.24) is 4.57 Å². The van der Waals surface area contributed by atoms with Crippen molar-refractivity contribution in [2.75, 3.05) is 6.61 Å². The van der Waals surface area contributed by atoms with E-state index in [1.165, 1.54) is 12.3 Å². The lowest BCUT2D eigenvalue weighted by atomic mass is 10.1. The molecule has 1 aliphatic rings. The number of pyridine rings is 1. The van der Waals surface area contributed by atoms with E-state index in [0.29, 0.717) is 12.4 Å². The highest BCUT2D eigenvalue weighted by atomic mass is 16.6. The summed E-state index contributed by atoms with van der Waals surface area (Å²) in [5, 5.41) is 20.0. The molecule has 108 valence electrons. The molecule has 1 aliphatic heterocycles. The molecule has 0 fully saturated rings. The first-order valence-electron chi connectivity index (χ1n) is 6.14. The monoisotopic (exact) mass is 290 g/mol. The molecule has 1 N–H and O–H groups in total. The normalized spacial score (nSPS) is 16.5. The van der Waals surface area contributed by atoms with Gasteiger partial charge in [-0.1, -0.05) is 0 Å². The molecule has 0 saturated heterocycles. The number of hydrogen-bond donors (Lipinski definition) is 1. The van der Waals surface area contributed by atoms with E-state index in [1.54, 1.807) is 11.5 Å². The standard InChI is InChI=1S/C13H10N2O6/c1-6-5-21-9-3-2-8(15(19)20)10-11(9)14(6)4-7(12(10)16)13(17)18/h2-4,6H,5H2,1H3,(H,17,18). The molecule has 8 nitrogen and oxygen atoms in total. The second-order valence-corrected chi connectivity index (χ2v) is 4.81. The first-order valence-corrected chi connectivity index (χ1v) is 6.14. The van der Waals surface area contributed by atoms with Gasteiger partial charge in [-0.3, -0.25) is 14.9 Å². The van der Waals surface area contributed by atoms with Crippen LogP contribution < -0.4 is 10.2 Å². The van der Waals surface area contributed by atoms with Crippen molar-refractivity contribution in [3.8, 4) is 5.75 Å². The molecule has 0 saturated carbocycles. The molecule has 2 aromatic rings. The SMILES string of the molecule is CC1COc2ccc([N+](=O)[O-])c3c(=O)c(C(=O)O)cn1c23. The highest BCUT2D eigenvalue weighted by Crippen LogP contribution is 2.35. The van der Waals surface area contributed by atoms with Gasteiger partial charge in [0.2, 0.25) is 5.43 Å². The van der Waals surface area contributed by atoms with Gasteiger partial charge in [-0.15, -0.1) is 0 Å². The van der Waals surface area contributed by atoms with Gasteiger partial charge in [0.25, 0.3) is 5.69 Å². The average molecular weight is 290 g/mol. The summed E-state index contributed by atoms with van der Waals surface area (Å²) < 4.78 is 7.02. The van der Waals surface area contributed by atoms with Gasteiger partial charge in [0, 0.05) is 12.3 Å². The predicted octanol–water partition coefficient (Wildman–Crippen LogP) is 1.56. The van der Waals surface area contributed by atoms with Crippen LogP contribution in [-0.2, 0) is 0 Å². The van der Waals surface area contributed by atoms with Crippen molar-refractivity contribution in [3.05, 3.63) is 44.2 Å². The molecule has 0 amide bonds. The van der Waals surface area contributed by atoms with Crippen molar-refractivity contribution in [3.63, 3.8) is 0 Å². The summed E-state index contributed by atoms with van der Waals surface area (Å²) in [6.07, 6.45) is 1.22. The van der Waals surface area contributed by atoms with Gasteiger partial charge in [-0.25, -0.2) is 4.79 Å². The van der Waals surface area contributed by atoms with Crippen LogP contribution in [0.1, 0.15) is 23.3 Å². The van der Waals surface area contributed by atoms with Crippen LogP contribution in [0, 0.1) is 10.1 Å². The zero-order chi connectivity index (χ0) is 15.3. The number of aromatic carboxylic acids is 1. The molecule has 1 atom stereocenters. The Morgan fingerprint density at radius 2 is 2.24 bits per heavy atom. The summed E-state index contributed by atoms with van der Waals surface area (Å²) in [5.41, 5.74) is -1.53. The Hall–Kier alpha value is -2.90. The molecule has 21 heavy (non-hydrogen) atoms. The molecule has 0 spiro atoms. The number of nitro benzene ring substituents is 1. The minimum atomic E-state index is -1.41. The number of aromatic nitrogens is 1. The third kappa shape index (κ3) is 1.76. The summed E-state index contributed by atoms with van der Waals surface area (Å²) in [7, 11) is 0. The lowest BCUT2D eigenvalue weighted by Crippen LogP contribution is -2.26. The van der Waals surface area contributed by atoms with Gasteiger partial charge < -0.3 is 14.4 Å². The number of carbonyl (C=O) groups is 1. The number of carboxylic acids is 1. The third-order valence-corrected chi connectivity index (χ3v) is 3.50. The van der Waals surface area contributed by atoms with E-state index in [9.17, 15) is 19.7 Å². The van der Waals surface area contributed by atoms with E-state index in [4.69, 9.17) is 9.84 Å². The molecular formula is C13H10N2O6. The maximum absolute atomic E-state index is 12.3. The van der Waals surface area contributed by atoms with Crippen molar-refractivity contribution >= 4 is 22.6 Å². The lowest BCUT2D eigenvalue weighted by molar-refractivity contribution is -0.383. The summed E-state index contributed by atoms with van der Waals surface area (Å²) >= 11 is 0. The molecule has 3 rings (SSSR count). The van der Waals surface area contributed by atoms with Gasteiger partial charge in [-0.05, 0) is 13.0 Å². The summed E-state index contributed by atoms with van der Waals surface area (Å²) in [4.78, 5) is 33.9. The maximum Gasteiger partial charge on any atom is 0.341 e. The number of non-ortho nitro benzene ring substituents is 1. The first kappa shape index (κ1) is 13.1. The first-order chi connectivity index (χ1) is 9.91. The fourth-order valence-electron chi connectivity index (χ4n) is 2.50. The minimum absolute atomic E-state index is 0.232. The number of nitro groups is 1. The topological polar surface area (TPSA) is 112 Å². The van der Waals surface area contributed by atoms with Crippen LogP contribution in [-0.4, -0.2) is 27.2 Å². The number of benzene rings is 1. The Morgan fingerprint density at radius 3 is 2.86 bits per heavy atom. The Bertz CT molecular complexity index is 854. The summed E-state index contributed by atoms with van der Waals surface area (Å²) in [6.45, 7) is 2.07. The van der Waals surface area contributed by atoms with Crippen molar-refractivity contribution in [2.45, 2.75) is 13.0 Å². The largest absolute Gasteiger partial charge is 0.489 e. The van der Waals surface area contributed by atoms with Crippen LogP contribution in [0.5, 0.6) is 5.75 Å². The number of ether oxygens (including phenoxy) is 1. The zero-order valence-electron chi connectivity index (χ0n) is 10.9. The van der Waals surface area contributed by atoms with Crippen LogP contribution in [0.3, 0.4) is 0 Å². The van der Waals surface area contributed by atoms with Gasteiger partial charge in [-0.2, -0.15) is 0 Å². The fraction of sp³-hybridized carbons (Fsp3) is 0.231. The van der Waals surface area contributed by atoms with Crippen molar-refractivity contribution in [1.29, 1.82) is 0 Å². The van der Waals surface area contributed by atoms with Gasteiger partial charge in [0.1, 0.15) is 28.8 Å². The zero-order valence-corrected chi connectivity index (χ0v) is 10.9. The summed E-state index contributed by atoms with van der Waals surface area (Å²) in [6, 6.07) is 2.34. The van der Waals surface area contributed by atoms with Gasteiger partial charge >= 0.3 is 5.97 Å². The molecule has 1 unspecified atom stereocenters. The predicted molar refractivity (Wildman–Crippen MR) is 72.0 cm³/mol. The van der Waals surface area contributed by atoms with E-state index < -0.39 is 27.6 Å². The minimum Gasteiger partial charge on any atom is -0.489 e. The Kier molecular flexibility index (Phi) is 2.68. The molecular weight excluding hydrogens is 280 g/mol. The molecule has 1 aromatic heterocycles. The maximum atomic E-state index is 12.3. The Balaban J connectivity index is 2.58. The molecule has 1 aromatic carbocycles. The van der Waals surface area contributed by atoms with Crippen LogP contribution >= 0.6 is 0 Å². The average Bonchev–Trinajstić information content (AvgIpc) is 2.43. The Morgan fingerprint density at radius 1 is 1.52 bits per heavy atom. The van der Waals surface area contributed by atoms with Crippen LogP contribution in [0.15, 0.2) is 23.1 Å². The number of hydrogen-bond acceptors (Lipinski definition) is 5. The molecule has 8 heteroatoms. The highest BCUT2D eigenvalue weighted by Gasteiger charge is 2.28. The van der Waals surface area contributed by atoms with E-state index >= 15 is 0 Å². The smallest absolute Gasteiger partial charge is 0.341 e. The van der Waals surface area contributed by atoms with Gasteiger partial charge in [0.05, 0.1) is 11.0 Å². The fourth-order valence-corrected chi connectivity index (χ4v) is 2.50. The quantitative estimate of drug-likeness (QED) is 0.663. The number of nitrogens with zero attached hydrogens (tertiary/aromatic N) is 2. The lowest BCUT2D eigenvalue weighted by Gasteiger charge is -2.26. The highest BCUT2D eigenvalue weighted by molar-refractivity contribution is 5.98. The second-order valence-electron chi connectivity index (χ2n) is 4.81. The number of rotatable bonds is 2. The molecule has 0 bridgehead atoms. The van der Waals surface area contributed by atoms with Crippen molar-refractivity contribution < 1.29 is 19.6 Å². The molecule has 0 aliphatic carbocycles. The van der Waals surface area contributed by atoms with E-state index in [2.05, 4.69) is 0 Å². The van der Waals surface area contributed by atoms with Crippen LogP contribution in [0.2, 0.25) is 0 Å². The van der Waals surface area contributed by atoms with E-state index in [-0.39, 0.29) is 16.9 Å². The van der Waals surface area contributed by atoms with Gasteiger partial charge in [0.15, 0.2) is 0 Å². The Labute approximate surface area is 117 Å². The third-order valence-electron chi connectivity index (χ3n) is 3.50. The second kappa shape index (κ2) is 4.30. The molecule has 2 heterocycles. The van der Waals surface area contributed by atoms with Crippen LogP contribution in [0.25, 0.3) is 10.9 Å². The number of carboxylic acid groups (broad SMARTS) is 1.